The highest BCUT2D eigenvalue weighted by Crippen LogP contribution is 2.30. The Balaban J connectivity index is 1.87. The highest BCUT2D eigenvalue weighted by Gasteiger charge is 2.33. The van der Waals surface area contributed by atoms with Gasteiger partial charge in [-0.15, -0.1) is 0 Å². The minimum atomic E-state index is -0.0275. The molecule has 2 heteroatoms. The molecule has 0 aromatic carbocycles. The SMILES string of the molecule is O=C(C1CCC1)C1CCCO1. The van der Waals surface area contributed by atoms with Crippen LogP contribution < -0.4 is 0 Å². The zero-order valence-electron chi connectivity index (χ0n) is 6.71. The Hall–Kier alpha value is -0.370. The summed E-state index contributed by atoms with van der Waals surface area (Å²) in [5.41, 5.74) is 0. The Bertz CT molecular complexity index is 155. The lowest BCUT2D eigenvalue weighted by atomic mass is 9.80. The number of Topliss-reactive ketones (excluding diaryl/α,β-unsaturated/α-hetero) is 1. The van der Waals surface area contributed by atoms with Gasteiger partial charge in [-0.25, -0.2) is 0 Å². The molecule has 0 aromatic rings. The van der Waals surface area contributed by atoms with E-state index in [1.54, 1.807) is 0 Å². The summed E-state index contributed by atoms with van der Waals surface area (Å²) in [7, 11) is 0. The topological polar surface area (TPSA) is 26.3 Å². The summed E-state index contributed by atoms with van der Waals surface area (Å²) in [6, 6.07) is 0. The van der Waals surface area contributed by atoms with E-state index in [1.165, 1.54) is 6.42 Å². The Morgan fingerprint density at radius 3 is 2.45 bits per heavy atom. The van der Waals surface area contributed by atoms with Gasteiger partial charge in [0.15, 0.2) is 5.78 Å². The van der Waals surface area contributed by atoms with Crippen molar-refractivity contribution in [2.45, 2.75) is 38.2 Å². The minimum Gasteiger partial charge on any atom is -0.370 e. The van der Waals surface area contributed by atoms with Crippen molar-refractivity contribution in [3.63, 3.8) is 0 Å². The average Bonchev–Trinajstić information content (AvgIpc) is 2.32. The van der Waals surface area contributed by atoms with Gasteiger partial charge < -0.3 is 4.74 Å². The lowest BCUT2D eigenvalue weighted by Crippen LogP contribution is -2.31. The van der Waals surface area contributed by atoms with Crippen molar-refractivity contribution in [2.75, 3.05) is 6.61 Å². The van der Waals surface area contributed by atoms with Gasteiger partial charge in [-0.05, 0) is 25.7 Å². The fourth-order valence-electron chi connectivity index (χ4n) is 1.76. The molecule has 2 nitrogen and oxygen atoms in total. The Morgan fingerprint density at radius 2 is 2.00 bits per heavy atom. The van der Waals surface area contributed by atoms with E-state index in [0.29, 0.717) is 11.7 Å². The first-order valence-electron chi connectivity index (χ1n) is 4.53. The van der Waals surface area contributed by atoms with E-state index < -0.39 is 0 Å². The molecule has 1 aliphatic carbocycles. The van der Waals surface area contributed by atoms with E-state index >= 15 is 0 Å². The molecule has 0 spiro atoms. The average molecular weight is 154 g/mol. The predicted molar refractivity (Wildman–Crippen MR) is 41.3 cm³/mol. The molecule has 1 saturated heterocycles. The summed E-state index contributed by atoms with van der Waals surface area (Å²) >= 11 is 0. The number of carbonyl (C=O) groups excluding carboxylic acids is 1. The second kappa shape index (κ2) is 2.94. The van der Waals surface area contributed by atoms with Crippen LogP contribution in [0.4, 0.5) is 0 Å². The van der Waals surface area contributed by atoms with Crippen LogP contribution in [0.3, 0.4) is 0 Å². The van der Waals surface area contributed by atoms with Crippen molar-refractivity contribution < 1.29 is 9.53 Å². The van der Waals surface area contributed by atoms with E-state index in [4.69, 9.17) is 4.74 Å². The van der Waals surface area contributed by atoms with Crippen LogP contribution in [0.15, 0.2) is 0 Å². The van der Waals surface area contributed by atoms with Crippen molar-refractivity contribution in [1.29, 1.82) is 0 Å². The number of carbonyl (C=O) groups is 1. The number of hydrogen-bond acceptors (Lipinski definition) is 2. The molecule has 11 heavy (non-hydrogen) atoms. The quantitative estimate of drug-likeness (QED) is 0.603. The van der Waals surface area contributed by atoms with Crippen LogP contribution in [-0.2, 0) is 9.53 Å². The summed E-state index contributed by atoms with van der Waals surface area (Å²) in [5, 5.41) is 0. The summed E-state index contributed by atoms with van der Waals surface area (Å²) < 4.78 is 5.32. The summed E-state index contributed by atoms with van der Waals surface area (Å²) in [6.45, 7) is 0.795. The molecule has 0 radical (unpaired) electrons. The van der Waals surface area contributed by atoms with Gasteiger partial charge in [0, 0.05) is 12.5 Å². The molecule has 62 valence electrons. The van der Waals surface area contributed by atoms with Gasteiger partial charge >= 0.3 is 0 Å². The van der Waals surface area contributed by atoms with Crippen molar-refractivity contribution in [1.82, 2.24) is 0 Å². The molecule has 2 aliphatic rings. The van der Waals surface area contributed by atoms with Crippen LogP contribution in [0, 0.1) is 5.92 Å². The molecule has 1 unspecified atom stereocenters. The van der Waals surface area contributed by atoms with Gasteiger partial charge in [-0.3, -0.25) is 4.79 Å². The van der Waals surface area contributed by atoms with Gasteiger partial charge in [0.25, 0.3) is 0 Å². The van der Waals surface area contributed by atoms with Gasteiger partial charge in [0.2, 0.25) is 0 Å². The third-order valence-corrected chi connectivity index (χ3v) is 2.75. The molecule has 1 saturated carbocycles. The predicted octanol–water partition coefficient (Wildman–Crippen LogP) is 1.53. The second-order valence-electron chi connectivity index (χ2n) is 3.53. The Morgan fingerprint density at radius 1 is 1.18 bits per heavy atom. The van der Waals surface area contributed by atoms with Crippen LogP contribution in [-0.4, -0.2) is 18.5 Å². The number of ether oxygens (including phenoxy) is 1. The van der Waals surface area contributed by atoms with E-state index in [-0.39, 0.29) is 6.10 Å². The highest BCUT2D eigenvalue weighted by atomic mass is 16.5. The molecule has 2 fully saturated rings. The third kappa shape index (κ3) is 1.32. The zero-order valence-corrected chi connectivity index (χ0v) is 6.71. The van der Waals surface area contributed by atoms with Crippen LogP contribution in [0.2, 0.25) is 0 Å². The molecular weight excluding hydrogens is 140 g/mol. The highest BCUT2D eigenvalue weighted by molar-refractivity contribution is 5.86. The number of rotatable bonds is 2. The molecule has 0 bridgehead atoms. The maximum atomic E-state index is 11.5. The second-order valence-corrected chi connectivity index (χ2v) is 3.53. The summed E-state index contributed by atoms with van der Waals surface area (Å²) in [4.78, 5) is 11.5. The Kier molecular flexibility index (Phi) is 1.95. The number of hydrogen-bond donors (Lipinski definition) is 0. The van der Waals surface area contributed by atoms with Crippen molar-refractivity contribution >= 4 is 5.78 Å². The van der Waals surface area contributed by atoms with Gasteiger partial charge in [0.05, 0.1) is 0 Å². The normalized spacial score (nSPS) is 31.8. The maximum absolute atomic E-state index is 11.5. The standard InChI is InChI=1S/C9H14O2/c10-9(7-3-1-4-7)8-5-2-6-11-8/h7-8H,1-6H2. The van der Waals surface area contributed by atoms with Gasteiger partial charge in [-0.2, -0.15) is 0 Å². The van der Waals surface area contributed by atoms with Crippen molar-refractivity contribution in [2.24, 2.45) is 5.92 Å². The van der Waals surface area contributed by atoms with E-state index in [0.717, 1.165) is 32.3 Å². The Labute approximate surface area is 66.9 Å². The molecule has 0 N–H and O–H groups in total. The first kappa shape index (κ1) is 7.29. The summed E-state index contributed by atoms with van der Waals surface area (Å²) in [5.74, 6) is 0.742. The van der Waals surface area contributed by atoms with Gasteiger partial charge in [0.1, 0.15) is 6.10 Å². The largest absolute Gasteiger partial charge is 0.370 e. The first-order valence-corrected chi connectivity index (χ1v) is 4.53. The first-order chi connectivity index (χ1) is 5.38. The summed E-state index contributed by atoms with van der Waals surface area (Å²) in [6.07, 6.45) is 5.47. The van der Waals surface area contributed by atoms with Crippen molar-refractivity contribution in [3.8, 4) is 0 Å². The molecule has 1 atom stereocenters. The maximum Gasteiger partial charge on any atom is 0.164 e. The van der Waals surface area contributed by atoms with Gasteiger partial charge in [-0.1, -0.05) is 6.42 Å². The monoisotopic (exact) mass is 154 g/mol. The van der Waals surface area contributed by atoms with Crippen LogP contribution in [0.1, 0.15) is 32.1 Å². The van der Waals surface area contributed by atoms with Crippen LogP contribution in [0.25, 0.3) is 0 Å². The van der Waals surface area contributed by atoms with Crippen LogP contribution in [0.5, 0.6) is 0 Å². The van der Waals surface area contributed by atoms with E-state index in [9.17, 15) is 4.79 Å². The fourth-order valence-corrected chi connectivity index (χ4v) is 1.76. The van der Waals surface area contributed by atoms with E-state index in [1.807, 2.05) is 0 Å². The van der Waals surface area contributed by atoms with Crippen LogP contribution >= 0.6 is 0 Å². The molecular formula is C9H14O2. The zero-order chi connectivity index (χ0) is 7.68. The van der Waals surface area contributed by atoms with Crippen molar-refractivity contribution in [3.05, 3.63) is 0 Å². The minimum absolute atomic E-state index is 0.0275. The lowest BCUT2D eigenvalue weighted by Gasteiger charge is -2.25. The third-order valence-electron chi connectivity index (χ3n) is 2.75. The molecule has 0 amide bonds. The molecule has 2 rings (SSSR count). The smallest absolute Gasteiger partial charge is 0.164 e. The van der Waals surface area contributed by atoms with E-state index in [2.05, 4.69) is 0 Å². The fraction of sp³-hybridized carbons (Fsp3) is 0.889. The number of ketones is 1. The molecule has 1 heterocycles. The lowest BCUT2D eigenvalue weighted by molar-refractivity contribution is -0.134. The molecule has 1 aliphatic heterocycles. The molecule has 0 aromatic heterocycles.